The van der Waals surface area contributed by atoms with Gasteiger partial charge < -0.3 is 25.1 Å². The minimum Gasteiger partial charge on any atom is -0.494 e. The molecule has 0 bridgehead atoms. The zero-order valence-electron chi connectivity index (χ0n) is 18.4. The van der Waals surface area contributed by atoms with E-state index in [1.165, 1.54) is 0 Å². The van der Waals surface area contributed by atoms with Crippen molar-refractivity contribution in [3.05, 3.63) is 78.3 Å². The van der Waals surface area contributed by atoms with Crippen LogP contribution < -0.4 is 20.7 Å². The first kappa shape index (κ1) is 22.9. The number of amides is 2. The van der Waals surface area contributed by atoms with Gasteiger partial charge in [-0.25, -0.2) is 0 Å². The van der Waals surface area contributed by atoms with E-state index in [4.69, 9.17) is 9.15 Å². The molecule has 0 saturated heterocycles. The van der Waals surface area contributed by atoms with E-state index in [1.807, 2.05) is 24.3 Å². The van der Waals surface area contributed by atoms with Gasteiger partial charge in [0.2, 0.25) is 5.91 Å². The molecule has 32 heavy (non-hydrogen) atoms. The zero-order valence-corrected chi connectivity index (χ0v) is 18.4. The Morgan fingerprint density at radius 1 is 1.00 bits per heavy atom. The lowest BCUT2D eigenvalue weighted by Gasteiger charge is -2.11. The summed E-state index contributed by atoms with van der Waals surface area (Å²) in [7, 11) is 0. The van der Waals surface area contributed by atoms with Crippen molar-refractivity contribution < 1.29 is 18.7 Å². The summed E-state index contributed by atoms with van der Waals surface area (Å²) in [4.78, 5) is 24.7. The highest BCUT2D eigenvalue weighted by Gasteiger charge is 2.08. The van der Waals surface area contributed by atoms with Crippen LogP contribution in [0.4, 0.5) is 11.4 Å². The first-order valence-electron chi connectivity index (χ1n) is 10.7. The fraction of sp³-hybridized carbons (Fsp3) is 0.280. The van der Waals surface area contributed by atoms with Crippen LogP contribution in [0.15, 0.2) is 71.3 Å². The highest BCUT2D eigenvalue weighted by atomic mass is 16.5. The summed E-state index contributed by atoms with van der Waals surface area (Å²) in [5, 5.41) is 8.70. The van der Waals surface area contributed by atoms with Gasteiger partial charge in [-0.05, 0) is 54.8 Å². The molecule has 0 aliphatic carbocycles. The maximum Gasteiger partial charge on any atom is 0.251 e. The Morgan fingerprint density at radius 2 is 1.81 bits per heavy atom. The molecule has 1 heterocycles. The molecule has 0 aliphatic rings. The number of ether oxygens (including phenoxy) is 1. The number of carbonyl (C=O) groups is 2. The third-order valence-electron chi connectivity index (χ3n) is 4.66. The summed E-state index contributed by atoms with van der Waals surface area (Å²) in [6.07, 6.45) is 2.54. The summed E-state index contributed by atoms with van der Waals surface area (Å²) in [5.41, 5.74) is 1.84. The number of nitrogens with one attached hydrogen (secondary N) is 3. The summed E-state index contributed by atoms with van der Waals surface area (Å²) in [5.74, 6) is 1.56. The molecule has 0 spiro atoms. The molecule has 0 saturated carbocycles. The molecule has 7 heteroatoms. The molecule has 1 aromatic heterocycles. The molecule has 0 atom stereocenters. The van der Waals surface area contributed by atoms with Crippen molar-refractivity contribution in [2.75, 3.05) is 23.8 Å². The van der Waals surface area contributed by atoms with Gasteiger partial charge in [0.25, 0.3) is 5.91 Å². The van der Waals surface area contributed by atoms with E-state index in [0.29, 0.717) is 41.8 Å². The lowest BCUT2D eigenvalue weighted by Crippen LogP contribution is -2.23. The van der Waals surface area contributed by atoms with Gasteiger partial charge in [0, 0.05) is 23.0 Å². The summed E-state index contributed by atoms with van der Waals surface area (Å²) in [6, 6.07) is 17.9. The van der Waals surface area contributed by atoms with Gasteiger partial charge in [0.1, 0.15) is 11.5 Å². The Kier molecular flexibility index (Phi) is 8.31. The standard InChI is InChI=1S/C25H29N3O4/c1-18(2)11-13-32-22-9-4-8-21(15-22)28-24(29)17-26-20-7-3-6-19(14-20)25(30)27-16-23-10-5-12-31-23/h3-10,12,14-15,18,26H,11,13,16-17H2,1-2H3,(H,27,30)(H,28,29). The molecule has 0 radical (unpaired) electrons. The number of hydrogen-bond donors (Lipinski definition) is 3. The van der Waals surface area contributed by atoms with Crippen LogP contribution in [-0.2, 0) is 11.3 Å². The van der Waals surface area contributed by atoms with Crippen LogP contribution in [0.25, 0.3) is 0 Å². The number of furan rings is 1. The van der Waals surface area contributed by atoms with Gasteiger partial charge in [-0.15, -0.1) is 0 Å². The van der Waals surface area contributed by atoms with Crippen LogP contribution in [0, 0.1) is 5.92 Å². The second-order valence-electron chi connectivity index (χ2n) is 7.80. The normalized spacial score (nSPS) is 10.6. The van der Waals surface area contributed by atoms with Crippen molar-refractivity contribution in [1.82, 2.24) is 5.32 Å². The Hall–Kier alpha value is -3.74. The van der Waals surface area contributed by atoms with Gasteiger partial charge in [-0.2, -0.15) is 0 Å². The maximum atomic E-state index is 12.3. The monoisotopic (exact) mass is 435 g/mol. The highest BCUT2D eigenvalue weighted by Crippen LogP contribution is 2.18. The number of benzene rings is 2. The third kappa shape index (κ3) is 7.50. The maximum absolute atomic E-state index is 12.3. The van der Waals surface area contributed by atoms with Crippen molar-refractivity contribution in [1.29, 1.82) is 0 Å². The summed E-state index contributed by atoms with van der Waals surface area (Å²) in [6.45, 7) is 5.32. The number of hydrogen-bond acceptors (Lipinski definition) is 5. The highest BCUT2D eigenvalue weighted by molar-refractivity contribution is 5.96. The Balaban J connectivity index is 1.47. The molecule has 7 nitrogen and oxygen atoms in total. The Labute approximate surface area is 188 Å². The van der Waals surface area contributed by atoms with Gasteiger partial charge >= 0.3 is 0 Å². The predicted octanol–water partition coefficient (Wildman–Crippen LogP) is 4.69. The Morgan fingerprint density at radius 3 is 2.59 bits per heavy atom. The van der Waals surface area contributed by atoms with Crippen molar-refractivity contribution in [2.24, 2.45) is 5.92 Å². The molecule has 0 fully saturated rings. The minimum atomic E-state index is -0.219. The first-order chi connectivity index (χ1) is 15.5. The average Bonchev–Trinajstić information content (AvgIpc) is 3.30. The van der Waals surface area contributed by atoms with Crippen molar-refractivity contribution >= 4 is 23.2 Å². The molecule has 2 amide bonds. The first-order valence-corrected chi connectivity index (χ1v) is 10.7. The van der Waals surface area contributed by atoms with E-state index in [9.17, 15) is 9.59 Å². The topological polar surface area (TPSA) is 92.6 Å². The van der Waals surface area contributed by atoms with Crippen LogP contribution in [0.3, 0.4) is 0 Å². The summed E-state index contributed by atoms with van der Waals surface area (Å²) < 4.78 is 11.0. The van der Waals surface area contributed by atoms with E-state index in [0.717, 1.165) is 12.2 Å². The molecular weight excluding hydrogens is 406 g/mol. The number of anilines is 2. The van der Waals surface area contributed by atoms with E-state index in [1.54, 1.807) is 42.7 Å². The quantitative estimate of drug-likeness (QED) is 0.407. The van der Waals surface area contributed by atoms with Crippen LogP contribution in [0.2, 0.25) is 0 Å². The molecule has 3 N–H and O–H groups in total. The van der Waals surface area contributed by atoms with Gasteiger partial charge in [-0.3, -0.25) is 9.59 Å². The molecule has 3 aromatic rings. The molecule has 0 aliphatic heterocycles. The second-order valence-corrected chi connectivity index (χ2v) is 7.80. The fourth-order valence-electron chi connectivity index (χ4n) is 2.92. The predicted molar refractivity (Wildman–Crippen MR) is 125 cm³/mol. The number of rotatable bonds is 11. The van der Waals surface area contributed by atoms with Crippen molar-refractivity contribution in [3.8, 4) is 5.75 Å². The largest absolute Gasteiger partial charge is 0.494 e. The lowest BCUT2D eigenvalue weighted by molar-refractivity contribution is -0.114. The summed E-state index contributed by atoms with van der Waals surface area (Å²) >= 11 is 0. The van der Waals surface area contributed by atoms with Crippen LogP contribution in [0.1, 0.15) is 36.4 Å². The van der Waals surface area contributed by atoms with E-state index in [2.05, 4.69) is 29.8 Å². The van der Waals surface area contributed by atoms with Gasteiger partial charge in [0.15, 0.2) is 0 Å². The van der Waals surface area contributed by atoms with E-state index < -0.39 is 0 Å². The van der Waals surface area contributed by atoms with Gasteiger partial charge in [0.05, 0.1) is 26.0 Å². The fourth-order valence-corrected chi connectivity index (χ4v) is 2.92. The van der Waals surface area contributed by atoms with Gasteiger partial charge in [-0.1, -0.05) is 26.0 Å². The zero-order chi connectivity index (χ0) is 22.8. The van der Waals surface area contributed by atoms with Crippen molar-refractivity contribution in [2.45, 2.75) is 26.8 Å². The molecule has 2 aromatic carbocycles. The van der Waals surface area contributed by atoms with Crippen molar-refractivity contribution in [3.63, 3.8) is 0 Å². The SMILES string of the molecule is CC(C)CCOc1cccc(NC(=O)CNc2cccc(C(=O)NCc3ccco3)c2)c1. The second kappa shape index (κ2) is 11.6. The number of carbonyl (C=O) groups excluding carboxylic acids is 2. The smallest absolute Gasteiger partial charge is 0.251 e. The van der Waals surface area contributed by atoms with Crippen LogP contribution >= 0.6 is 0 Å². The Bertz CT molecular complexity index is 1020. The van der Waals surface area contributed by atoms with E-state index in [-0.39, 0.29) is 18.4 Å². The van der Waals surface area contributed by atoms with Crippen LogP contribution in [0.5, 0.6) is 5.75 Å². The molecular formula is C25H29N3O4. The van der Waals surface area contributed by atoms with Crippen LogP contribution in [-0.4, -0.2) is 25.0 Å². The average molecular weight is 436 g/mol. The molecule has 0 unspecified atom stereocenters. The lowest BCUT2D eigenvalue weighted by atomic mass is 10.1. The molecule has 3 rings (SSSR count). The third-order valence-corrected chi connectivity index (χ3v) is 4.66. The molecule has 168 valence electrons. The minimum absolute atomic E-state index is 0.0654. The van der Waals surface area contributed by atoms with E-state index >= 15 is 0 Å².